The van der Waals surface area contributed by atoms with Crippen LogP contribution >= 0.6 is 11.8 Å². The van der Waals surface area contributed by atoms with Gasteiger partial charge in [-0.3, -0.25) is 14.4 Å². The van der Waals surface area contributed by atoms with Gasteiger partial charge in [0, 0.05) is 30.0 Å². The van der Waals surface area contributed by atoms with Crippen LogP contribution in [0.15, 0.2) is 24.3 Å². The van der Waals surface area contributed by atoms with Crippen molar-refractivity contribution in [1.29, 1.82) is 0 Å². The summed E-state index contributed by atoms with van der Waals surface area (Å²) >= 11 is 1.56. The minimum absolute atomic E-state index is 0.0692. The van der Waals surface area contributed by atoms with E-state index in [9.17, 15) is 19.5 Å². The maximum absolute atomic E-state index is 14.0. The summed E-state index contributed by atoms with van der Waals surface area (Å²) in [5.41, 5.74) is -0.414. The van der Waals surface area contributed by atoms with Gasteiger partial charge in [-0.15, -0.1) is 11.8 Å². The number of carbonyl (C=O) groups is 3. The van der Waals surface area contributed by atoms with E-state index in [4.69, 9.17) is 4.74 Å². The third-order valence-electron chi connectivity index (χ3n) is 7.12. The van der Waals surface area contributed by atoms with Crippen LogP contribution in [-0.2, 0) is 19.1 Å². The summed E-state index contributed by atoms with van der Waals surface area (Å²) in [5.74, 6) is -2.01. The smallest absolute Gasteiger partial charge is 0.311 e. The lowest BCUT2D eigenvalue weighted by atomic mass is 9.74. The summed E-state index contributed by atoms with van der Waals surface area (Å²) in [5, 5.41) is 9.45. The molecule has 1 N–H and O–H groups in total. The molecule has 5 atom stereocenters. The maximum Gasteiger partial charge on any atom is 0.311 e. The van der Waals surface area contributed by atoms with E-state index >= 15 is 0 Å². The third kappa shape index (κ3) is 3.50. The second kappa shape index (κ2) is 8.20. The monoisotopic (exact) mass is 462 g/mol. The van der Waals surface area contributed by atoms with Gasteiger partial charge in [-0.1, -0.05) is 24.3 Å². The largest absolute Gasteiger partial charge is 0.465 e. The highest BCUT2D eigenvalue weighted by Gasteiger charge is 2.74. The van der Waals surface area contributed by atoms with Gasteiger partial charge in [-0.05, 0) is 47.0 Å². The Labute approximate surface area is 194 Å². The molecule has 0 radical (unpaired) electrons. The fourth-order valence-corrected chi connectivity index (χ4v) is 7.87. The van der Waals surface area contributed by atoms with E-state index < -0.39 is 32.9 Å². The number of allylic oxidation sites excluding steroid dienone is 1. The molecule has 4 aliphatic rings. The summed E-state index contributed by atoms with van der Waals surface area (Å²) in [6, 6.07) is -0.719. The first-order valence-electron chi connectivity index (χ1n) is 11.5. The van der Waals surface area contributed by atoms with Crippen LogP contribution in [0.2, 0.25) is 0 Å². The number of hydrogen-bond donors (Lipinski definition) is 1. The van der Waals surface area contributed by atoms with Crippen LogP contribution < -0.4 is 0 Å². The van der Waals surface area contributed by atoms with Gasteiger partial charge in [0.05, 0.1) is 23.2 Å². The average Bonchev–Trinajstić information content (AvgIpc) is 3.04. The van der Waals surface area contributed by atoms with Crippen molar-refractivity contribution in [2.24, 2.45) is 11.8 Å². The normalized spacial score (nSPS) is 38.3. The van der Waals surface area contributed by atoms with E-state index in [1.54, 1.807) is 16.7 Å². The number of esters is 1. The molecule has 7 nitrogen and oxygen atoms in total. The first kappa shape index (κ1) is 23.4. The molecule has 0 saturated carbocycles. The van der Waals surface area contributed by atoms with Crippen molar-refractivity contribution in [2.45, 2.75) is 68.0 Å². The molecular weight excluding hydrogens is 428 g/mol. The Bertz CT molecular complexity index is 865. The summed E-state index contributed by atoms with van der Waals surface area (Å²) in [6.45, 7) is 8.96. The number of aliphatic hydroxyl groups excluding tert-OH is 1. The van der Waals surface area contributed by atoms with Crippen LogP contribution in [0.1, 0.15) is 47.0 Å². The zero-order valence-corrected chi connectivity index (χ0v) is 20.2. The summed E-state index contributed by atoms with van der Waals surface area (Å²) in [4.78, 5) is 44.6. The molecule has 4 heterocycles. The lowest BCUT2D eigenvalue weighted by Crippen LogP contribution is -2.57. The molecule has 0 aromatic carbocycles. The molecule has 4 aliphatic heterocycles. The minimum Gasteiger partial charge on any atom is -0.465 e. The van der Waals surface area contributed by atoms with E-state index in [0.29, 0.717) is 19.6 Å². The second-order valence-electron chi connectivity index (χ2n) is 10.3. The molecule has 0 aromatic rings. The van der Waals surface area contributed by atoms with Crippen LogP contribution in [0, 0.1) is 11.8 Å². The second-order valence-corrected chi connectivity index (χ2v) is 12.1. The van der Waals surface area contributed by atoms with Crippen molar-refractivity contribution < 1.29 is 24.2 Å². The van der Waals surface area contributed by atoms with Crippen LogP contribution in [0.3, 0.4) is 0 Å². The van der Waals surface area contributed by atoms with Crippen LogP contribution in [0.25, 0.3) is 0 Å². The Kier molecular flexibility index (Phi) is 5.99. The zero-order valence-electron chi connectivity index (χ0n) is 19.4. The number of nitrogens with zero attached hydrogens (tertiary/aromatic N) is 2. The topological polar surface area (TPSA) is 87.2 Å². The van der Waals surface area contributed by atoms with Crippen LogP contribution in [0.5, 0.6) is 0 Å². The van der Waals surface area contributed by atoms with Gasteiger partial charge in [0.25, 0.3) is 0 Å². The Morgan fingerprint density at radius 3 is 2.59 bits per heavy atom. The van der Waals surface area contributed by atoms with Crippen LogP contribution in [0.4, 0.5) is 0 Å². The quantitative estimate of drug-likeness (QED) is 0.511. The first-order valence-corrected chi connectivity index (χ1v) is 12.3. The number of hydrogen-bond acceptors (Lipinski definition) is 6. The number of fused-ring (bicyclic) bond motifs is 2. The van der Waals surface area contributed by atoms with Gasteiger partial charge in [0.1, 0.15) is 6.04 Å². The fraction of sp³-hybridized carbons (Fsp3) is 0.708. The maximum atomic E-state index is 14.0. The zero-order chi connectivity index (χ0) is 23.3. The van der Waals surface area contributed by atoms with Crippen molar-refractivity contribution in [3.8, 4) is 0 Å². The van der Waals surface area contributed by atoms with E-state index in [1.165, 1.54) is 0 Å². The molecule has 32 heavy (non-hydrogen) atoms. The van der Waals surface area contributed by atoms with Crippen molar-refractivity contribution in [3.05, 3.63) is 24.3 Å². The van der Waals surface area contributed by atoms with E-state index in [1.807, 2.05) is 44.7 Å². The van der Waals surface area contributed by atoms with Crippen molar-refractivity contribution in [2.75, 3.05) is 26.3 Å². The standard InChI is InChI=1S/C24H34N2O5S/c1-22(2,3)26-13-8-11-24-16(19(28)25(12-9-14-27)18(24)20(26)29)17-21(30)31-15-7-5-6-10-23(17,4)32-24/h6,8,10-11,16-18,27H,5,7,9,12-15H2,1-4H3/b10-6-/t16-,17+,18?,23-,24-/m0/s1. The van der Waals surface area contributed by atoms with E-state index in [0.717, 1.165) is 12.8 Å². The van der Waals surface area contributed by atoms with E-state index in [2.05, 4.69) is 12.2 Å². The van der Waals surface area contributed by atoms with Crippen LogP contribution in [-0.4, -0.2) is 80.1 Å². The molecule has 1 unspecified atom stereocenters. The molecule has 2 amide bonds. The summed E-state index contributed by atoms with van der Waals surface area (Å²) in [6.07, 6.45) is 10.1. The molecule has 0 bridgehead atoms. The van der Waals surface area contributed by atoms with Gasteiger partial charge in [-0.25, -0.2) is 0 Å². The third-order valence-corrected chi connectivity index (χ3v) is 8.91. The Morgan fingerprint density at radius 1 is 1.16 bits per heavy atom. The Morgan fingerprint density at radius 2 is 1.91 bits per heavy atom. The molecule has 4 rings (SSSR count). The summed E-state index contributed by atoms with van der Waals surface area (Å²) < 4.78 is 4.10. The predicted molar refractivity (Wildman–Crippen MR) is 123 cm³/mol. The van der Waals surface area contributed by atoms with Crippen molar-refractivity contribution >= 4 is 29.5 Å². The van der Waals surface area contributed by atoms with Gasteiger partial charge >= 0.3 is 5.97 Å². The highest BCUT2D eigenvalue weighted by Crippen LogP contribution is 2.65. The number of carbonyl (C=O) groups excluding carboxylic acids is 3. The van der Waals surface area contributed by atoms with Crippen molar-refractivity contribution in [1.82, 2.24) is 9.80 Å². The number of ether oxygens (including phenoxy) is 1. The fourth-order valence-electron chi connectivity index (χ4n) is 5.72. The van der Waals surface area contributed by atoms with Gasteiger partial charge < -0.3 is 19.6 Å². The lowest BCUT2D eigenvalue weighted by molar-refractivity contribution is -0.154. The Balaban J connectivity index is 1.87. The number of amides is 2. The molecule has 0 aromatic heterocycles. The molecule has 8 heteroatoms. The van der Waals surface area contributed by atoms with Gasteiger partial charge in [0.15, 0.2) is 0 Å². The number of aliphatic hydroxyl groups is 1. The van der Waals surface area contributed by atoms with Crippen molar-refractivity contribution in [3.63, 3.8) is 0 Å². The number of thioether (sulfide) groups is 1. The molecule has 176 valence electrons. The highest BCUT2D eigenvalue weighted by molar-refractivity contribution is 8.02. The summed E-state index contributed by atoms with van der Waals surface area (Å²) in [7, 11) is 0. The SMILES string of the molecule is CC(C)(C)N1CC=C[C@]23S[C@@]4(C)/C=C\CCCOC(=O)[C@H]4[C@H]2C(=O)N(CCCO)C3C1=O. The Hall–Kier alpha value is -1.80. The minimum atomic E-state index is -0.856. The van der Waals surface area contributed by atoms with Gasteiger partial charge in [-0.2, -0.15) is 0 Å². The first-order chi connectivity index (χ1) is 15.1. The molecule has 2 fully saturated rings. The molecule has 1 spiro atoms. The number of cyclic esters (lactones) is 1. The predicted octanol–water partition coefficient (Wildman–Crippen LogP) is 2.15. The average molecular weight is 463 g/mol. The number of likely N-dealkylation sites (tertiary alicyclic amines) is 1. The molecule has 2 saturated heterocycles. The molecular formula is C24H34N2O5S. The van der Waals surface area contributed by atoms with Gasteiger partial charge in [0.2, 0.25) is 11.8 Å². The van der Waals surface area contributed by atoms with E-state index in [-0.39, 0.29) is 30.9 Å². The lowest BCUT2D eigenvalue weighted by Gasteiger charge is -2.41. The number of rotatable bonds is 3. The molecule has 0 aliphatic carbocycles. The highest BCUT2D eigenvalue weighted by atomic mass is 32.2.